The molecule has 6 rings (SSSR count). The van der Waals surface area contributed by atoms with Gasteiger partial charge in [0.15, 0.2) is 17.4 Å². The third kappa shape index (κ3) is 7.62. The average Bonchev–Trinajstić information content (AvgIpc) is 3.93. The predicted octanol–water partition coefficient (Wildman–Crippen LogP) is 5.54. The zero-order valence-electron chi connectivity index (χ0n) is 27.1. The summed E-state index contributed by atoms with van der Waals surface area (Å²) in [5.74, 6) is -2.75. The van der Waals surface area contributed by atoms with Crippen molar-refractivity contribution in [1.29, 1.82) is 0 Å². The first kappa shape index (κ1) is 33.4. The van der Waals surface area contributed by atoms with Crippen LogP contribution in [0.3, 0.4) is 0 Å². The number of nitrogens with zero attached hydrogens (tertiary/aromatic N) is 2. The van der Waals surface area contributed by atoms with Crippen molar-refractivity contribution in [3.63, 3.8) is 0 Å². The highest BCUT2D eigenvalue weighted by Crippen LogP contribution is 2.37. The Morgan fingerprint density at radius 3 is 2.29 bits per heavy atom. The second-order valence-electron chi connectivity index (χ2n) is 12.5. The minimum Gasteiger partial charge on any atom is -0.497 e. The molecule has 254 valence electrons. The molecule has 1 aliphatic carbocycles. The Hall–Kier alpha value is -4.51. The average molecular weight is 664 g/mol. The van der Waals surface area contributed by atoms with Crippen molar-refractivity contribution in [2.45, 2.75) is 57.2 Å². The summed E-state index contributed by atoms with van der Waals surface area (Å²) in [5.41, 5.74) is 3.60. The molecular weight excluding hydrogens is 623 g/mol. The van der Waals surface area contributed by atoms with Crippen molar-refractivity contribution in [3.8, 4) is 17.2 Å². The van der Waals surface area contributed by atoms with Crippen LogP contribution in [0.4, 0.5) is 13.2 Å². The first-order valence-corrected chi connectivity index (χ1v) is 16.4. The molecule has 0 aromatic heterocycles. The van der Waals surface area contributed by atoms with Crippen LogP contribution < -0.4 is 19.5 Å². The van der Waals surface area contributed by atoms with Crippen LogP contribution in [0.2, 0.25) is 0 Å². The van der Waals surface area contributed by atoms with E-state index in [1.165, 1.54) is 0 Å². The van der Waals surface area contributed by atoms with E-state index in [0.717, 1.165) is 47.4 Å². The Kier molecular flexibility index (Phi) is 10.2. The number of rotatable bonds is 13. The van der Waals surface area contributed by atoms with Gasteiger partial charge in [-0.05, 0) is 85.2 Å². The second kappa shape index (κ2) is 14.7. The molecule has 2 fully saturated rings. The summed E-state index contributed by atoms with van der Waals surface area (Å²) in [4.78, 5) is 30.6. The molecule has 2 atom stereocenters. The number of benzene rings is 3. The van der Waals surface area contributed by atoms with Gasteiger partial charge in [0.1, 0.15) is 18.1 Å². The Bertz CT molecular complexity index is 1660. The van der Waals surface area contributed by atoms with Crippen LogP contribution in [0.15, 0.2) is 66.2 Å². The lowest BCUT2D eigenvalue weighted by Crippen LogP contribution is -2.62. The van der Waals surface area contributed by atoms with Crippen molar-refractivity contribution < 1.29 is 37.0 Å². The minimum atomic E-state index is -1.33. The van der Waals surface area contributed by atoms with E-state index < -0.39 is 23.2 Å². The highest BCUT2D eigenvalue weighted by Gasteiger charge is 2.42. The van der Waals surface area contributed by atoms with Crippen molar-refractivity contribution >= 4 is 17.4 Å². The maximum Gasteiger partial charge on any atom is 0.252 e. The number of nitrogens with one attached hydrogen (secondary N) is 1. The lowest BCUT2D eigenvalue weighted by atomic mass is 9.82. The van der Waals surface area contributed by atoms with Crippen LogP contribution in [-0.4, -0.2) is 79.7 Å². The third-order valence-electron chi connectivity index (χ3n) is 9.15. The fourth-order valence-electron chi connectivity index (χ4n) is 6.51. The molecule has 1 saturated carbocycles. The quantitative estimate of drug-likeness (QED) is 0.191. The van der Waals surface area contributed by atoms with E-state index in [2.05, 4.69) is 5.32 Å². The van der Waals surface area contributed by atoms with Crippen molar-refractivity contribution in [1.82, 2.24) is 15.1 Å². The van der Waals surface area contributed by atoms with E-state index in [0.29, 0.717) is 56.8 Å². The lowest BCUT2D eigenvalue weighted by Gasteiger charge is -2.44. The maximum absolute atomic E-state index is 14.5. The van der Waals surface area contributed by atoms with Gasteiger partial charge in [-0.1, -0.05) is 24.3 Å². The largest absolute Gasteiger partial charge is 0.497 e. The number of ether oxygens (including phenoxy) is 3. The monoisotopic (exact) mass is 663 g/mol. The molecule has 8 nitrogen and oxygen atoms in total. The summed E-state index contributed by atoms with van der Waals surface area (Å²) in [6, 6.07) is 16.7. The SMILES string of the molecule is COc1ccc(OCCN(C(=O)C2=C(c3ccc(CCCOc4c(F)ccc(F)c4F)cc3)CC3CN(C(C)=O)C[C@H]2N3)C2CC2)cc1. The Labute approximate surface area is 278 Å². The van der Waals surface area contributed by atoms with Gasteiger partial charge in [-0.25, -0.2) is 8.78 Å². The molecular formula is C37H40F3N3O5. The number of carbonyl (C=O) groups excluding carboxylic acids is 2. The molecule has 0 spiro atoms. The highest BCUT2D eigenvalue weighted by molar-refractivity contribution is 6.03. The molecule has 0 radical (unpaired) electrons. The van der Waals surface area contributed by atoms with E-state index in [4.69, 9.17) is 14.2 Å². The van der Waals surface area contributed by atoms with Crippen LogP contribution in [0.1, 0.15) is 43.7 Å². The van der Waals surface area contributed by atoms with Crippen molar-refractivity contribution in [2.75, 3.05) is 40.0 Å². The van der Waals surface area contributed by atoms with E-state index in [1.54, 1.807) is 14.0 Å². The van der Waals surface area contributed by atoms with E-state index >= 15 is 0 Å². The first-order valence-electron chi connectivity index (χ1n) is 16.4. The van der Waals surface area contributed by atoms with Gasteiger partial charge in [0, 0.05) is 37.7 Å². The van der Waals surface area contributed by atoms with Gasteiger partial charge >= 0.3 is 0 Å². The number of hydrogen-bond acceptors (Lipinski definition) is 6. The second-order valence-corrected chi connectivity index (χ2v) is 12.5. The van der Waals surface area contributed by atoms with E-state index in [9.17, 15) is 22.8 Å². The number of aryl methyl sites for hydroxylation is 1. The fourth-order valence-corrected chi connectivity index (χ4v) is 6.51. The molecule has 3 aliphatic rings. The van der Waals surface area contributed by atoms with Crippen LogP contribution in [0.5, 0.6) is 17.2 Å². The summed E-state index contributed by atoms with van der Waals surface area (Å²) < 4.78 is 57.7. The van der Waals surface area contributed by atoms with Gasteiger partial charge in [-0.3, -0.25) is 9.59 Å². The van der Waals surface area contributed by atoms with Gasteiger partial charge in [0.2, 0.25) is 11.7 Å². The number of halogens is 3. The summed E-state index contributed by atoms with van der Waals surface area (Å²) in [6.45, 7) is 3.35. The van der Waals surface area contributed by atoms with Gasteiger partial charge in [-0.2, -0.15) is 4.39 Å². The minimum absolute atomic E-state index is 0.00935. The summed E-state index contributed by atoms with van der Waals surface area (Å²) in [7, 11) is 1.61. The molecule has 2 heterocycles. The summed E-state index contributed by atoms with van der Waals surface area (Å²) in [6.07, 6.45) is 3.51. The van der Waals surface area contributed by atoms with Gasteiger partial charge in [0.05, 0.1) is 26.3 Å². The normalized spacial score (nSPS) is 18.8. The molecule has 1 unspecified atom stereocenters. The maximum atomic E-state index is 14.5. The zero-order chi connectivity index (χ0) is 33.8. The molecule has 2 aliphatic heterocycles. The van der Waals surface area contributed by atoms with Gasteiger partial charge < -0.3 is 29.3 Å². The number of fused-ring (bicyclic) bond motifs is 2. The Balaban J connectivity index is 1.17. The third-order valence-corrected chi connectivity index (χ3v) is 9.15. The molecule has 3 aromatic carbocycles. The van der Waals surface area contributed by atoms with Crippen LogP contribution in [-0.2, 0) is 16.0 Å². The molecule has 3 aromatic rings. The Morgan fingerprint density at radius 2 is 1.60 bits per heavy atom. The van der Waals surface area contributed by atoms with E-state index in [1.807, 2.05) is 58.3 Å². The molecule has 1 saturated heterocycles. The smallest absolute Gasteiger partial charge is 0.252 e. The molecule has 48 heavy (non-hydrogen) atoms. The van der Waals surface area contributed by atoms with Crippen molar-refractivity contribution in [3.05, 3.63) is 94.8 Å². The van der Waals surface area contributed by atoms with Crippen molar-refractivity contribution in [2.24, 2.45) is 0 Å². The standard InChI is InChI=1S/C37H40F3N3O5/c1-23(44)42-21-26-20-30(25-7-5-24(6-8-25)4-3-18-48-36-32(39)16-15-31(38)35(36)40)34(33(22-42)41-26)37(45)43(27-9-10-27)17-19-47-29-13-11-28(46-2)12-14-29/h5-8,11-16,26-27,33,41H,3-4,9-10,17-22H2,1-2H3/t26?,33-/m1/s1. The number of piperazine rings is 1. The van der Waals surface area contributed by atoms with Crippen LogP contribution >= 0.6 is 0 Å². The first-order chi connectivity index (χ1) is 23.2. The fraction of sp³-hybridized carbons (Fsp3) is 0.405. The number of amides is 2. The molecule has 2 amide bonds. The number of carbonyl (C=O) groups is 2. The van der Waals surface area contributed by atoms with Crippen LogP contribution in [0.25, 0.3) is 5.57 Å². The van der Waals surface area contributed by atoms with Gasteiger partial charge in [0.25, 0.3) is 5.91 Å². The number of methoxy groups -OCH3 is 1. The van der Waals surface area contributed by atoms with E-state index in [-0.39, 0.29) is 36.5 Å². The lowest BCUT2D eigenvalue weighted by molar-refractivity contribution is -0.132. The van der Waals surface area contributed by atoms with Gasteiger partial charge in [-0.15, -0.1) is 0 Å². The number of hydrogen-bond donors (Lipinski definition) is 1. The van der Waals surface area contributed by atoms with Crippen LogP contribution in [0, 0.1) is 17.5 Å². The Morgan fingerprint density at radius 1 is 0.896 bits per heavy atom. The molecule has 2 bridgehead atoms. The predicted molar refractivity (Wildman–Crippen MR) is 174 cm³/mol. The molecule has 1 N–H and O–H groups in total. The summed E-state index contributed by atoms with van der Waals surface area (Å²) >= 11 is 0. The zero-order valence-corrected chi connectivity index (χ0v) is 27.1. The molecule has 11 heteroatoms. The summed E-state index contributed by atoms with van der Waals surface area (Å²) in [5, 5.41) is 3.61. The highest BCUT2D eigenvalue weighted by atomic mass is 19.2. The topological polar surface area (TPSA) is 80.3 Å².